The Morgan fingerprint density at radius 2 is 1.93 bits per heavy atom. The molecule has 7 heteroatoms. The Hall–Kier alpha value is -2.54. The van der Waals surface area contributed by atoms with Gasteiger partial charge in [-0.3, -0.25) is 9.59 Å². The zero-order valence-electron chi connectivity index (χ0n) is 16.3. The number of aliphatic hydroxyl groups is 1. The van der Waals surface area contributed by atoms with Crippen molar-refractivity contribution >= 4 is 33.4 Å². The van der Waals surface area contributed by atoms with Gasteiger partial charge in [0.25, 0.3) is 11.7 Å². The second-order valence-corrected chi connectivity index (χ2v) is 8.30. The lowest BCUT2D eigenvalue weighted by Gasteiger charge is -2.29. The number of rotatable bonds is 4. The van der Waals surface area contributed by atoms with Gasteiger partial charge >= 0.3 is 0 Å². The number of carbonyl (C=O) groups is 2. The number of benzene rings is 1. The topological polar surface area (TPSA) is 80.0 Å². The van der Waals surface area contributed by atoms with Crippen molar-refractivity contribution in [2.75, 3.05) is 7.11 Å². The summed E-state index contributed by atoms with van der Waals surface area (Å²) >= 11 is 3.40. The van der Waals surface area contributed by atoms with Crippen molar-refractivity contribution in [3.8, 4) is 5.75 Å². The van der Waals surface area contributed by atoms with E-state index >= 15 is 0 Å². The summed E-state index contributed by atoms with van der Waals surface area (Å²) in [7, 11) is 1.55. The summed E-state index contributed by atoms with van der Waals surface area (Å²) in [5.41, 5.74) is 0.490. The summed E-state index contributed by atoms with van der Waals surface area (Å²) in [4.78, 5) is 27.6. The number of nitrogens with zero attached hydrogens (tertiary/aromatic N) is 1. The van der Waals surface area contributed by atoms with Crippen LogP contribution in [0.4, 0.5) is 0 Å². The van der Waals surface area contributed by atoms with Crippen molar-refractivity contribution in [3.05, 3.63) is 57.5 Å². The molecule has 1 N–H and O–H groups in total. The van der Waals surface area contributed by atoms with Crippen molar-refractivity contribution in [1.29, 1.82) is 0 Å². The van der Waals surface area contributed by atoms with E-state index in [2.05, 4.69) is 15.9 Å². The van der Waals surface area contributed by atoms with E-state index in [0.29, 0.717) is 27.3 Å². The van der Waals surface area contributed by atoms with Gasteiger partial charge in [0.1, 0.15) is 29.1 Å². The van der Waals surface area contributed by atoms with Gasteiger partial charge in [-0.25, -0.2) is 0 Å². The van der Waals surface area contributed by atoms with Gasteiger partial charge in [-0.15, -0.1) is 0 Å². The number of aliphatic hydroxyl groups excluding tert-OH is 1. The summed E-state index contributed by atoms with van der Waals surface area (Å²) < 4.78 is 11.7. The summed E-state index contributed by atoms with van der Waals surface area (Å²) in [6, 6.07) is 7.83. The highest BCUT2D eigenvalue weighted by atomic mass is 79.9. The molecule has 1 atom stereocenters. The monoisotopic (exact) mass is 459 g/mol. The van der Waals surface area contributed by atoms with Crippen LogP contribution in [-0.2, 0) is 9.59 Å². The van der Waals surface area contributed by atoms with Crippen LogP contribution in [0, 0.1) is 6.92 Å². The van der Waals surface area contributed by atoms with Gasteiger partial charge in [0, 0.05) is 11.6 Å². The number of amides is 1. The molecule has 0 radical (unpaired) electrons. The first kappa shape index (κ1) is 19.8. The summed E-state index contributed by atoms with van der Waals surface area (Å²) in [6.45, 7) is 1.81. The summed E-state index contributed by atoms with van der Waals surface area (Å²) in [5, 5.41) is 11.1. The molecule has 1 saturated heterocycles. The fourth-order valence-corrected chi connectivity index (χ4v) is 4.80. The van der Waals surface area contributed by atoms with Crippen LogP contribution >= 0.6 is 15.9 Å². The predicted octanol–water partition coefficient (Wildman–Crippen LogP) is 4.72. The maximum atomic E-state index is 13.0. The van der Waals surface area contributed by atoms with Gasteiger partial charge in [0.05, 0.1) is 17.2 Å². The molecular formula is C22H22BrNO5. The normalized spacial score (nSPS) is 21.9. The van der Waals surface area contributed by atoms with Crippen molar-refractivity contribution in [2.24, 2.45) is 0 Å². The van der Waals surface area contributed by atoms with E-state index in [1.165, 1.54) is 0 Å². The maximum Gasteiger partial charge on any atom is 0.296 e. The van der Waals surface area contributed by atoms with Gasteiger partial charge in [-0.05, 0) is 66.0 Å². The molecule has 0 bridgehead atoms. The molecule has 1 saturated carbocycles. The number of ketones is 1. The van der Waals surface area contributed by atoms with E-state index in [9.17, 15) is 14.7 Å². The van der Waals surface area contributed by atoms with E-state index in [0.717, 1.165) is 25.7 Å². The molecule has 4 rings (SSSR count). The number of hydrogen-bond acceptors (Lipinski definition) is 5. The number of hydrogen-bond donors (Lipinski definition) is 1. The molecule has 1 unspecified atom stereocenters. The standard InChI is InChI=1S/C22H22BrNO5/c1-12-7-9-17(29-12)19-18(20(25)13-8-10-16(28-2)15(23)11-13)21(26)22(27)24(19)14-5-3-4-6-14/h7-11,14,19,25H,3-6H2,1-2H3/b20-18-. The van der Waals surface area contributed by atoms with Crippen molar-refractivity contribution in [2.45, 2.75) is 44.7 Å². The number of carbonyl (C=O) groups excluding carboxylic acids is 2. The molecule has 1 aliphatic heterocycles. The van der Waals surface area contributed by atoms with Gasteiger partial charge in [-0.1, -0.05) is 12.8 Å². The van der Waals surface area contributed by atoms with Crippen LogP contribution in [0.15, 0.2) is 44.8 Å². The third-order valence-corrected chi connectivity index (χ3v) is 6.27. The average molecular weight is 460 g/mol. The largest absolute Gasteiger partial charge is 0.507 e. The van der Waals surface area contributed by atoms with Crippen molar-refractivity contribution in [1.82, 2.24) is 4.90 Å². The quantitative estimate of drug-likeness (QED) is 0.406. The van der Waals surface area contributed by atoms with Gasteiger partial charge < -0.3 is 19.2 Å². The van der Waals surface area contributed by atoms with Crippen LogP contribution in [0.5, 0.6) is 5.75 Å². The molecule has 2 heterocycles. The Kier molecular flexibility index (Phi) is 5.25. The van der Waals surface area contributed by atoms with E-state index in [1.54, 1.807) is 42.3 Å². The zero-order valence-corrected chi connectivity index (χ0v) is 17.9. The second-order valence-electron chi connectivity index (χ2n) is 7.44. The fraction of sp³-hybridized carbons (Fsp3) is 0.364. The number of aryl methyl sites for hydroxylation is 1. The Balaban J connectivity index is 1.86. The van der Waals surface area contributed by atoms with Crippen LogP contribution < -0.4 is 4.74 Å². The number of Topliss-reactive ketones (excluding diaryl/α,β-unsaturated/α-hetero) is 1. The predicted molar refractivity (Wildman–Crippen MR) is 111 cm³/mol. The maximum absolute atomic E-state index is 13.0. The number of methoxy groups -OCH3 is 1. The molecular weight excluding hydrogens is 438 g/mol. The Labute approximate surface area is 177 Å². The van der Waals surface area contributed by atoms with Crippen LogP contribution in [-0.4, -0.2) is 34.8 Å². The minimum Gasteiger partial charge on any atom is -0.507 e. The van der Waals surface area contributed by atoms with E-state index in [4.69, 9.17) is 9.15 Å². The lowest BCUT2D eigenvalue weighted by Crippen LogP contribution is -2.37. The van der Waals surface area contributed by atoms with Gasteiger partial charge in [0.2, 0.25) is 0 Å². The molecule has 6 nitrogen and oxygen atoms in total. The smallest absolute Gasteiger partial charge is 0.296 e. The third kappa shape index (κ3) is 3.37. The highest BCUT2D eigenvalue weighted by Crippen LogP contribution is 2.44. The summed E-state index contributed by atoms with van der Waals surface area (Å²) in [5.74, 6) is 0.301. The van der Waals surface area contributed by atoms with E-state index in [1.807, 2.05) is 6.92 Å². The number of halogens is 1. The van der Waals surface area contributed by atoms with Crippen LogP contribution in [0.25, 0.3) is 5.76 Å². The molecule has 152 valence electrons. The van der Waals surface area contributed by atoms with E-state index < -0.39 is 17.7 Å². The minimum absolute atomic E-state index is 0.0326. The average Bonchev–Trinajstić information content (AvgIpc) is 3.42. The van der Waals surface area contributed by atoms with Crippen LogP contribution in [0.1, 0.15) is 48.8 Å². The molecule has 2 aromatic rings. The lowest BCUT2D eigenvalue weighted by molar-refractivity contribution is -0.141. The Morgan fingerprint density at radius 1 is 1.21 bits per heavy atom. The van der Waals surface area contributed by atoms with E-state index in [-0.39, 0.29) is 17.4 Å². The number of ether oxygens (including phenoxy) is 1. The highest BCUT2D eigenvalue weighted by Gasteiger charge is 2.50. The third-order valence-electron chi connectivity index (χ3n) is 5.65. The van der Waals surface area contributed by atoms with Gasteiger partial charge in [-0.2, -0.15) is 0 Å². The molecule has 29 heavy (non-hydrogen) atoms. The highest BCUT2D eigenvalue weighted by molar-refractivity contribution is 9.10. The minimum atomic E-state index is -0.729. The molecule has 0 spiro atoms. The molecule has 2 aliphatic rings. The second kappa shape index (κ2) is 7.71. The first-order valence-electron chi connectivity index (χ1n) is 9.62. The number of likely N-dealkylation sites (tertiary alicyclic amines) is 1. The SMILES string of the molecule is COc1ccc(/C(O)=C2/C(=O)C(=O)N(C3CCCC3)C2c2ccc(C)o2)cc1Br. The molecule has 1 aliphatic carbocycles. The zero-order chi connectivity index (χ0) is 20.7. The van der Waals surface area contributed by atoms with Crippen LogP contribution in [0.3, 0.4) is 0 Å². The molecule has 1 aromatic carbocycles. The first-order chi connectivity index (χ1) is 13.9. The number of furan rings is 1. The molecule has 1 aromatic heterocycles. The van der Waals surface area contributed by atoms with Crippen molar-refractivity contribution < 1.29 is 23.8 Å². The molecule has 1 amide bonds. The van der Waals surface area contributed by atoms with Crippen molar-refractivity contribution in [3.63, 3.8) is 0 Å². The van der Waals surface area contributed by atoms with Crippen LogP contribution in [0.2, 0.25) is 0 Å². The lowest BCUT2D eigenvalue weighted by atomic mass is 9.98. The molecule has 2 fully saturated rings. The Morgan fingerprint density at radius 3 is 2.52 bits per heavy atom. The first-order valence-corrected chi connectivity index (χ1v) is 10.4. The fourth-order valence-electron chi connectivity index (χ4n) is 4.26. The Bertz CT molecular complexity index is 1000. The summed E-state index contributed by atoms with van der Waals surface area (Å²) in [6.07, 6.45) is 3.72. The van der Waals surface area contributed by atoms with Gasteiger partial charge in [0.15, 0.2) is 0 Å².